The summed E-state index contributed by atoms with van der Waals surface area (Å²) >= 11 is 3.29. The van der Waals surface area contributed by atoms with Crippen LogP contribution in [0.4, 0.5) is 5.69 Å². The van der Waals surface area contributed by atoms with E-state index in [9.17, 15) is 9.59 Å². The van der Waals surface area contributed by atoms with E-state index < -0.39 is 0 Å². The molecule has 1 aromatic carbocycles. The normalized spacial score (nSPS) is 14.9. The summed E-state index contributed by atoms with van der Waals surface area (Å²) in [6.07, 6.45) is 3.25. The van der Waals surface area contributed by atoms with Crippen molar-refractivity contribution in [3.05, 3.63) is 28.2 Å². The summed E-state index contributed by atoms with van der Waals surface area (Å²) in [5.74, 6) is -0.353. The number of piperidine rings is 1. The first kappa shape index (κ1) is 14.8. The number of hydrogen-bond acceptors (Lipinski definition) is 3. The standard InChI is InChI=1S/C14H18BrN3O2/c15-10-4-5-11(12(16)8-10)14(20)17-9-13(19)18-6-2-1-3-7-18/h4-5,8H,1-3,6-7,9,16H2,(H,17,20). The Labute approximate surface area is 126 Å². The Morgan fingerprint density at radius 1 is 1.25 bits per heavy atom. The van der Waals surface area contributed by atoms with E-state index in [0.717, 1.165) is 30.4 Å². The van der Waals surface area contributed by atoms with E-state index in [0.29, 0.717) is 11.3 Å². The lowest BCUT2D eigenvalue weighted by Crippen LogP contribution is -2.42. The highest BCUT2D eigenvalue weighted by atomic mass is 79.9. The lowest BCUT2D eigenvalue weighted by molar-refractivity contribution is -0.130. The summed E-state index contributed by atoms with van der Waals surface area (Å²) in [6, 6.07) is 5.05. The first-order valence-electron chi connectivity index (χ1n) is 6.69. The molecular weight excluding hydrogens is 322 g/mol. The molecule has 3 N–H and O–H groups in total. The molecule has 5 nitrogen and oxygen atoms in total. The van der Waals surface area contributed by atoms with Crippen molar-refractivity contribution < 1.29 is 9.59 Å². The van der Waals surface area contributed by atoms with Crippen molar-refractivity contribution in [2.45, 2.75) is 19.3 Å². The summed E-state index contributed by atoms with van der Waals surface area (Å²) in [5, 5.41) is 2.63. The number of carbonyl (C=O) groups excluding carboxylic acids is 2. The maximum Gasteiger partial charge on any atom is 0.253 e. The molecule has 1 aromatic rings. The minimum Gasteiger partial charge on any atom is -0.398 e. The van der Waals surface area contributed by atoms with Crippen LogP contribution in [0.5, 0.6) is 0 Å². The van der Waals surface area contributed by atoms with Crippen molar-refractivity contribution in [2.24, 2.45) is 0 Å². The topological polar surface area (TPSA) is 75.4 Å². The van der Waals surface area contributed by atoms with E-state index in [1.807, 2.05) is 0 Å². The number of nitrogens with one attached hydrogen (secondary N) is 1. The predicted octanol–water partition coefficient (Wildman–Crippen LogP) is 1.77. The fourth-order valence-corrected chi connectivity index (χ4v) is 2.63. The Kier molecular flexibility index (Phi) is 5.00. The van der Waals surface area contributed by atoms with Gasteiger partial charge in [0, 0.05) is 23.2 Å². The Balaban J connectivity index is 1.89. The molecule has 0 unspecified atom stereocenters. The zero-order valence-corrected chi connectivity index (χ0v) is 12.8. The first-order valence-corrected chi connectivity index (χ1v) is 7.48. The molecule has 0 radical (unpaired) electrons. The Morgan fingerprint density at radius 3 is 2.60 bits per heavy atom. The van der Waals surface area contributed by atoms with Gasteiger partial charge in [0.2, 0.25) is 5.91 Å². The highest BCUT2D eigenvalue weighted by molar-refractivity contribution is 9.10. The molecule has 108 valence electrons. The highest BCUT2D eigenvalue weighted by Crippen LogP contribution is 2.18. The molecular formula is C14H18BrN3O2. The first-order chi connectivity index (χ1) is 9.58. The van der Waals surface area contributed by atoms with Crippen molar-refractivity contribution in [1.29, 1.82) is 0 Å². The number of nitrogens with two attached hydrogens (primary N) is 1. The van der Waals surface area contributed by atoms with Crippen LogP contribution in [0.1, 0.15) is 29.6 Å². The average molecular weight is 340 g/mol. The molecule has 1 heterocycles. The molecule has 1 fully saturated rings. The number of nitrogens with zero attached hydrogens (tertiary/aromatic N) is 1. The number of carbonyl (C=O) groups is 2. The molecule has 0 aliphatic carbocycles. The zero-order chi connectivity index (χ0) is 14.5. The molecule has 2 amide bonds. The average Bonchev–Trinajstić information content (AvgIpc) is 2.45. The molecule has 0 atom stereocenters. The van der Waals surface area contributed by atoms with Crippen molar-refractivity contribution in [1.82, 2.24) is 10.2 Å². The molecule has 0 aromatic heterocycles. The number of anilines is 1. The number of hydrogen-bond donors (Lipinski definition) is 2. The van der Waals surface area contributed by atoms with Crippen molar-refractivity contribution in [2.75, 3.05) is 25.4 Å². The van der Waals surface area contributed by atoms with Crippen molar-refractivity contribution >= 4 is 33.4 Å². The van der Waals surface area contributed by atoms with Crippen molar-refractivity contribution in [3.63, 3.8) is 0 Å². The van der Waals surface area contributed by atoms with E-state index >= 15 is 0 Å². The molecule has 6 heteroatoms. The predicted molar refractivity (Wildman–Crippen MR) is 81.3 cm³/mol. The van der Waals surface area contributed by atoms with E-state index in [4.69, 9.17) is 5.73 Å². The molecule has 20 heavy (non-hydrogen) atoms. The van der Waals surface area contributed by atoms with Gasteiger partial charge in [0.25, 0.3) is 5.91 Å². The molecule has 0 spiro atoms. The molecule has 0 saturated carbocycles. The van der Waals surface area contributed by atoms with E-state index in [1.165, 1.54) is 6.42 Å². The zero-order valence-electron chi connectivity index (χ0n) is 11.2. The summed E-state index contributed by atoms with van der Waals surface area (Å²) in [7, 11) is 0. The Morgan fingerprint density at radius 2 is 1.95 bits per heavy atom. The third-order valence-corrected chi connectivity index (χ3v) is 3.86. The van der Waals surface area contributed by atoms with Crippen LogP contribution in [-0.4, -0.2) is 36.3 Å². The number of amides is 2. The second kappa shape index (κ2) is 6.74. The van der Waals surface area contributed by atoms with Crippen LogP contribution < -0.4 is 11.1 Å². The summed E-state index contributed by atoms with van der Waals surface area (Å²) in [4.78, 5) is 25.7. The van der Waals surface area contributed by atoms with Crippen molar-refractivity contribution in [3.8, 4) is 0 Å². The maximum absolute atomic E-state index is 12.0. The van der Waals surface area contributed by atoms with Gasteiger partial charge in [-0.2, -0.15) is 0 Å². The summed E-state index contributed by atoms with van der Waals surface area (Å²) < 4.78 is 0.816. The minimum absolute atomic E-state index is 0.0222. The summed E-state index contributed by atoms with van der Waals surface area (Å²) in [6.45, 7) is 1.60. The molecule has 2 rings (SSSR count). The Bertz CT molecular complexity index is 513. The Hall–Kier alpha value is -1.56. The van der Waals surface area contributed by atoms with Gasteiger partial charge in [-0.05, 0) is 37.5 Å². The highest BCUT2D eigenvalue weighted by Gasteiger charge is 2.17. The van der Waals surface area contributed by atoms with Gasteiger partial charge in [0.05, 0.1) is 12.1 Å². The third-order valence-electron chi connectivity index (χ3n) is 3.37. The number of halogens is 1. The fraction of sp³-hybridized carbons (Fsp3) is 0.429. The lowest BCUT2D eigenvalue weighted by Gasteiger charge is -2.26. The molecule has 1 aliphatic rings. The van der Waals surface area contributed by atoms with Crippen LogP contribution in [0.15, 0.2) is 22.7 Å². The fourth-order valence-electron chi connectivity index (χ4n) is 2.25. The van der Waals surface area contributed by atoms with Gasteiger partial charge < -0.3 is 16.0 Å². The van der Waals surface area contributed by atoms with Gasteiger partial charge in [0.1, 0.15) is 0 Å². The SMILES string of the molecule is Nc1cc(Br)ccc1C(=O)NCC(=O)N1CCCCC1. The van der Waals surface area contributed by atoms with Gasteiger partial charge in [-0.3, -0.25) is 9.59 Å². The summed E-state index contributed by atoms with van der Waals surface area (Å²) in [5.41, 5.74) is 6.56. The van der Waals surface area contributed by atoms with Gasteiger partial charge in [-0.1, -0.05) is 15.9 Å². The molecule has 0 bridgehead atoms. The van der Waals surface area contributed by atoms with Crippen LogP contribution >= 0.6 is 15.9 Å². The van der Waals surface area contributed by atoms with Gasteiger partial charge >= 0.3 is 0 Å². The quantitative estimate of drug-likeness (QED) is 0.824. The molecule has 1 saturated heterocycles. The van der Waals surface area contributed by atoms with E-state index in [2.05, 4.69) is 21.2 Å². The third kappa shape index (κ3) is 3.72. The maximum atomic E-state index is 12.0. The smallest absolute Gasteiger partial charge is 0.253 e. The van der Waals surface area contributed by atoms with E-state index in [1.54, 1.807) is 23.1 Å². The molecule has 1 aliphatic heterocycles. The number of benzene rings is 1. The minimum atomic E-state index is -0.319. The second-order valence-corrected chi connectivity index (χ2v) is 5.77. The van der Waals surface area contributed by atoms with Crippen LogP contribution in [0.3, 0.4) is 0 Å². The second-order valence-electron chi connectivity index (χ2n) is 4.86. The van der Waals surface area contributed by atoms with Gasteiger partial charge in [-0.15, -0.1) is 0 Å². The van der Waals surface area contributed by atoms with Crippen LogP contribution in [0.25, 0.3) is 0 Å². The van der Waals surface area contributed by atoms with Crippen LogP contribution in [0.2, 0.25) is 0 Å². The monoisotopic (exact) mass is 339 g/mol. The van der Waals surface area contributed by atoms with E-state index in [-0.39, 0.29) is 18.4 Å². The number of rotatable bonds is 3. The number of likely N-dealkylation sites (tertiary alicyclic amines) is 1. The number of nitrogen functional groups attached to an aromatic ring is 1. The lowest BCUT2D eigenvalue weighted by atomic mass is 10.1. The van der Waals surface area contributed by atoms with Gasteiger partial charge in [0.15, 0.2) is 0 Å². The largest absolute Gasteiger partial charge is 0.398 e. The van der Waals surface area contributed by atoms with Crippen LogP contribution in [0, 0.1) is 0 Å². The van der Waals surface area contributed by atoms with Crippen LogP contribution in [-0.2, 0) is 4.79 Å². The van der Waals surface area contributed by atoms with Gasteiger partial charge in [-0.25, -0.2) is 0 Å².